The van der Waals surface area contributed by atoms with Gasteiger partial charge in [-0.1, -0.05) is 25.3 Å². The number of ether oxygens (including phenoxy) is 3. The highest BCUT2D eigenvalue weighted by atomic mass is 16.9. The van der Waals surface area contributed by atoms with Gasteiger partial charge in [0.2, 0.25) is 0 Å². The SMILES string of the molecule is C=CCCCCCCCC(OCC)(OCC)OCC. The zero-order valence-electron chi connectivity index (χ0n) is 13.1. The Labute approximate surface area is 119 Å². The Bertz CT molecular complexity index is 187. The highest BCUT2D eigenvalue weighted by Gasteiger charge is 2.31. The maximum atomic E-state index is 5.70. The first kappa shape index (κ1) is 18.6. The van der Waals surface area contributed by atoms with Gasteiger partial charge in [0.1, 0.15) is 0 Å². The highest BCUT2D eigenvalue weighted by molar-refractivity contribution is 4.65. The van der Waals surface area contributed by atoms with Gasteiger partial charge in [-0.15, -0.1) is 6.58 Å². The molecule has 0 spiro atoms. The van der Waals surface area contributed by atoms with Crippen LogP contribution in [0, 0.1) is 0 Å². The van der Waals surface area contributed by atoms with Gasteiger partial charge in [-0.2, -0.15) is 0 Å². The molecule has 0 N–H and O–H groups in total. The van der Waals surface area contributed by atoms with Crippen LogP contribution in [0.25, 0.3) is 0 Å². The maximum Gasteiger partial charge on any atom is 0.282 e. The summed E-state index contributed by atoms with van der Waals surface area (Å²) < 4.78 is 17.1. The van der Waals surface area contributed by atoms with E-state index in [2.05, 4.69) is 6.58 Å². The Kier molecular flexibility index (Phi) is 12.4. The van der Waals surface area contributed by atoms with Crippen molar-refractivity contribution in [3.63, 3.8) is 0 Å². The Morgan fingerprint density at radius 3 is 1.74 bits per heavy atom. The van der Waals surface area contributed by atoms with Crippen molar-refractivity contribution in [2.45, 2.75) is 71.7 Å². The summed E-state index contributed by atoms with van der Waals surface area (Å²) in [5.41, 5.74) is 0. The van der Waals surface area contributed by atoms with E-state index in [4.69, 9.17) is 14.2 Å². The first-order chi connectivity index (χ1) is 9.24. The molecule has 3 heteroatoms. The van der Waals surface area contributed by atoms with Gasteiger partial charge in [0.05, 0.1) is 0 Å². The van der Waals surface area contributed by atoms with Crippen molar-refractivity contribution in [3.05, 3.63) is 12.7 Å². The third-order valence-electron chi connectivity index (χ3n) is 2.98. The molecule has 0 radical (unpaired) electrons. The molecule has 0 atom stereocenters. The molecule has 0 aromatic carbocycles. The topological polar surface area (TPSA) is 27.7 Å². The lowest BCUT2D eigenvalue weighted by Crippen LogP contribution is -2.39. The smallest absolute Gasteiger partial charge is 0.282 e. The number of rotatable bonds is 14. The van der Waals surface area contributed by atoms with E-state index in [1.165, 1.54) is 25.7 Å². The molecule has 0 aromatic rings. The van der Waals surface area contributed by atoms with Crippen molar-refractivity contribution in [1.29, 1.82) is 0 Å². The lowest BCUT2D eigenvalue weighted by Gasteiger charge is -2.32. The molecule has 0 aliphatic rings. The first-order valence-corrected chi connectivity index (χ1v) is 7.77. The average molecular weight is 272 g/mol. The van der Waals surface area contributed by atoms with Crippen LogP contribution >= 0.6 is 0 Å². The van der Waals surface area contributed by atoms with Crippen LogP contribution in [0.2, 0.25) is 0 Å². The molecule has 0 unspecified atom stereocenters. The van der Waals surface area contributed by atoms with Crippen LogP contribution < -0.4 is 0 Å². The monoisotopic (exact) mass is 272 g/mol. The fraction of sp³-hybridized carbons (Fsp3) is 0.875. The minimum Gasteiger partial charge on any atom is -0.328 e. The summed E-state index contributed by atoms with van der Waals surface area (Å²) >= 11 is 0. The molecular weight excluding hydrogens is 240 g/mol. The Balaban J connectivity index is 3.92. The Morgan fingerprint density at radius 2 is 1.26 bits per heavy atom. The molecule has 0 aliphatic heterocycles. The van der Waals surface area contributed by atoms with Crippen LogP contribution in [-0.4, -0.2) is 25.8 Å². The largest absolute Gasteiger partial charge is 0.328 e. The van der Waals surface area contributed by atoms with E-state index in [-0.39, 0.29) is 0 Å². The van der Waals surface area contributed by atoms with Crippen LogP contribution in [0.4, 0.5) is 0 Å². The average Bonchev–Trinajstić information content (AvgIpc) is 2.39. The van der Waals surface area contributed by atoms with Gasteiger partial charge in [-0.05, 0) is 40.0 Å². The summed E-state index contributed by atoms with van der Waals surface area (Å²) in [5.74, 6) is -0.820. The second-order valence-corrected chi connectivity index (χ2v) is 4.58. The van der Waals surface area contributed by atoms with Crippen LogP contribution in [0.3, 0.4) is 0 Å². The predicted octanol–water partition coefficient (Wildman–Crippen LogP) is 4.67. The molecule has 19 heavy (non-hydrogen) atoms. The van der Waals surface area contributed by atoms with Crippen molar-refractivity contribution < 1.29 is 14.2 Å². The number of allylic oxidation sites excluding steroid dienone is 1. The van der Waals surface area contributed by atoms with E-state index in [1.54, 1.807) is 0 Å². The standard InChI is InChI=1S/C16H32O3/c1-5-9-10-11-12-13-14-15-16(17-6-2,18-7-3)19-8-4/h5H,1,6-15H2,2-4H3. The van der Waals surface area contributed by atoms with Crippen molar-refractivity contribution in [1.82, 2.24) is 0 Å². The zero-order valence-corrected chi connectivity index (χ0v) is 13.1. The predicted molar refractivity (Wildman–Crippen MR) is 80.1 cm³/mol. The minimum absolute atomic E-state index is 0.610. The number of hydrogen-bond acceptors (Lipinski definition) is 3. The van der Waals surface area contributed by atoms with Gasteiger partial charge < -0.3 is 14.2 Å². The third-order valence-corrected chi connectivity index (χ3v) is 2.98. The molecule has 0 heterocycles. The summed E-state index contributed by atoms with van der Waals surface area (Å²) in [4.78, 5) is 0. The van der Waals surface area contributed by atoms with Gasteiger partial charge in [0.15, 0.2) is 0 Å². The van der Waals surface area contributed by atoms with Crippen LogP contribution in [0.15, 0.2) is 12.7 Å². The number of unbranched alkanes of at least 4 members (excludes halogenated alkanes) is 5. The van der Waals surface area contributed by atoms with Gasteiger partial charge in [-0.3, -0.25) is 0 Å². The van der Waals surface area contributed by atoms with Crippen LogP contribution in [0.1, 0.15) is 65.7 Å². The fourth-order valence-corrected chi connectivity index (χ4v) is 2.16. The molecule has 0 saturated carbocycles. The summed E-state index contributed by atoms with van der Waals surface area (Å²) in [7, 11) is 0. The van der Waals surface area contributed by atoms with Crippen LogP contribution in [-0.2, 0) is 14.2 Å². The van der Waals surface area contributed by atoms with Crippen molar-refractivity contribution in [2.24, 2.45) is 0 Å². The first-order valence-electron chi connectivity index (χ1n) is 7.77. The second kappa shape index (κ2) is 12.6. The fourth-order valence-electron chi connectivity index (χ4n) is 2.16. The molecule has 0 rings (SSSR count). The van der Waals surface area contributed by atoms with Crippen molar-refractivity contribution in [2.75, 3.05) is 19.8 Å². The summed E-state index contributed by atoms with van der Waals surface area (Å²) in [6.07, 6.45) is 9.98. The maximum absolute atomic E-state index is 5.70. The quantitative estimate of drug-likeness (QED) is 0.261. The Hall–Kier alpha value is -0.380. The second-order valence-electron chi connectivity index (χ2n) is 4.58. The molecule has 0 bridgehead atoms. The minimum atomic E-state index is -0.820. The number of hydrogen-bond donors (Lipinski definition) is 0. The van der Waals surface area contributed by atoms with E-state index in [1.807, 2.05) is 26.8 Å². The molecule has 3 nitrogen and oxygen atoms in total. The van der Waals surface area contributed by atoms with Crippen molar-refractivity contribution >= 4 is 0 Å². The van der Waals surface area contributed by atoms with Gasteiger partial charge in [0, 0.05) is 26.2 Å². The van der Waals surface area contributed by atoms with Crippen LogP contribution in [0.5, 0.6) is 0 Å². The van der Waals surface area contributed by atoms with E-state index in [0.717, 1.165) is 19.3 Å². The molecule has 0 fully saturated rings. The summed E-state index contributed by atoms with van der Waals surface area (Å²) in [6, 6.07) is 0. The van der Waals surface area contributed by atoms with E-state index in [9.17, 15) is 0 Å². The molecule has 0 aromatic heterocycles. The lowest BCUT2D eigenvalue weighted by atomic mass is 10.1. The third kappa shape index (κ3) is 9.20. The Morgan fingerprint density at radius 1 is 0.789 bits per heavy atom. The van der Waals surface area contributed by atoms with E-state index < -0.39 is 5.97 Å². The van der Waals surface area contributed by atoms with Gasteiger partial charge in [-0.25, -0.2) is 0 Å². The highest BCUT2D eigenvalue weighted by Crippen LogP contribution is 2.24. The molecule has 0 aliphatic carbocycles. The van der Waals surface area contributed by atoms with E-state index >= 15 is 0 Å². The van der Waals surface area contributed by atoms with Gasteiger partial charge >= 0.3 is 0 Å². The molecular formula is C16H32O3. The molecule has 0 amide bonds. The lowest BCUT2D eigenvalue weighted by molar-refractivity contribution is -0.380. The molecule has 0 saturated heterocycles. The zero-order chi connectivity index (χ0) is 14.4. The van der Waals surface area contributed by atoms with E-state index in [0.29, 0.717) is 19.8 Å². The summed E-state index contributed by atoms with van der Waals surface area (Å²) in [6.45, 7) is 11.5. The van der Waals surface area contributed by atoms with Gasteiger partial charge in [0.25, 0.3) is 5.97 Å². The normalized spacial score (nSPS) is 11.7. The summed E-state index contributed by atoms with van der Waals surface area (Å²) in [5, 5.41) is 0. The molecule has 114 valence electrons. The van der Waals surface area contributed by atoms with Crippen molar-refractivity contribution in [3.8, 4) is 0 Å².